The maximum atomic E-state index is 11.4. The minimum atomic E-state index is -0.707. The number of ether oxygens (including phenoxy) is 1. The molecule has 0 fully saturated rings. The van der Waals surface area contributed by atoms with E-state index in [1.807, 2.05) is 0 Å². The predicted octanol–water partition coefficient (Wildman–Crippen LogP) is -1.08. The molecule has 0 aromatic carbocycles. The van der Waals surface area contributed by atoms with Gasteiger partial charge in [0.2, 0.25) is 0 Å². The molecule has 0 radical (unpaired) electrons. The van der Waals surface area contributed by atoms with Crippen LogP contribution in [-0.4, -0.2) is 37.2 Å². The fourth-order valence-electron chi connectivity index (χ4n) is 1.12. The highest BCUT2D eigenvalue weighted by Gasteiger charge is 2.22. The molecule has 0 atom stereocenters. The van der Waals surface area contributed by atoms with Gasteiger partial charge in [-0.05, 0) is 13.8 Å². The summed E-state index contributed by atoms with van der Waals surface area (Å²) in [5.74, 6) is -1.93. The molecule has 0 saturated carbocycles. The van der Waals surface area contributed by atoms with Gasteiger partial charge in [0, 0.05) is 5.57 Å². The van der Waals surface area contributed by atoms with E-state index in [0.717, 1.165) is 0 Å². The van der Waals surface area contributed by atoms with E-state index in [-0.39, 0.29) is 30.8 Å². The first-order valence-electron chi connectivity index (χ1n) is 4.84. The van der Waals surface area contributed by atoms with Crippen molar-refractivity contribution in [3.8, 4) is 0 Å². The quantitative estimate of drug-likeness (QED) is 0.259. The molecule has 0 bridgehead atoms. The van der Waals surface area contributed by atoms with Gasteiger partial charge in [-0.3, -0.25) is 9.59 Å². The molecule has 0 aliphatic heterocycles. The van der Waals surface area contributed by atoms with E-state index < -0.39 is 17.5 Å². The van der Waals surface area contributed by atoms with Crippen LogP contribution in [0, 0.1) is 0 Å². The molecule has 0 spiro atoms. The van der Waals surface area contributed by atoms with Gasteiger partial charge in [-0.25, -0.2) is 4.79 Å². The molecule has 0 aliphatic rings. The average molecular weight is 228 g/mol. The Hall–Kier alpha value is -1.53. The topological polar surface area (TPSA) is 112 Å². The van der Waals surface area contributed by atoms with Crippen molar-refractivity contribution < 1.29 is 19.1 Å². The van der Waals surface area contributed by atoms with Crippen LogP contribution < -0.4 is 11.5 Å². The number of rotatable bonds is 6. The highest BCUT2D eigenvalue weighted by atomic mass is 16.5. The maximum Gasteiger partial charge on any atom is 0.334 e. The lowest BCUT2D eigenvalue weighted by Crippen LogP contribution is -2.28. The number of hydrogen-bond donors (Lipinski definition) is 2. The summed E-state index contributed by atoms with van der Waals surface area (Å²) in [4.78, 5) is 34.1. The van der Waals surface area contributed by atoms with E-state index in [1.165, 1.54) is 6.92 Å². The van der Waals surface area contributed by atoms with Crippen molar-refractivity contribution in [2.75, 3.05) is 19.7 Å². The minimum absolute atomic E-state index is 0.0484. The molecule has 0 unspecified atom stereocenters. The summed E-state index contributed by atoms with van der Waals surface area (Å²) in [5, 5.41) is 0. The third kappa shape index (κ3) is 3.56. The second-order valence-corrected chi connectivity index (χ2v) is 2.98. The molecular formula is C10H16N2O4. The maximum absolute atomic E-state index is 11.4. The Labute approximate surface area is 93.6 Å². The lowest BCUT2D eigenvalue weighted by Gasteiger charge is -2.07. The standard InChI is InChI=1S/C10H16N2O4/c1-3-16-10(15)6(2)9(7(13)4-11)8(14)5-12/h3-5,11-12H2,1-2H3. The van der Waals surface area contributed by atoms with Crippen LogP contribution in [0.3, 0.4) is 0 Å². The number of carbonyl (C=O) groups excluding carboxylic acids is 3. The van der Waals surface area contributed by atoms with Gasteiger partial charge in [-0.2, -0.15) is 0 Å². The molecule has 0 aliphatic carbocycles. The summed E-state index contributed by atoms with van der Waals surface area (Å²) in [7, 11) is 0. The largest absolute Gasteiger partial charge is 0.463 e. The number of ketones is 2. The van der Waals surface area contributed by atoms with Crippen LogP contribution in [0.15, 0.2) is 11.1 Å². The first kappa shape index (κ1) is 14.5. The summed E-state index contributed by atoms with van der Waals surface area (Å²) in [5.41, 5.74) is 9.99. The molecule has 0 aromatic heterocycles. The third-order valence-corrected chi connectivity index (χ3v) is 1.89. The number of hydrogen-bond acceptors (Lipinski definition) is 6. The summed E-state index contributed by atoms with van der Waals surface area (Å²) in [6.07, 6.45) is 0. The molecule has 90 valence electrons. The van der Waals surface area contributed by atoms with Crippen LogP contribution in [0.4, 0.5) is 0 Å². The van der Waals surface area contributed by atoms with Gasteiger partial charge in [-0.1, -0.05) is 0 Å². The van der Waals surface area contributed by atoms with Crippen LogP contribution in [-0.2, 0) is 19.1 Å². The summed E-state index contributed by atoms with van der Waals surface area (Å²) in [6.45, 7) is 2.43. The van der Waals surface area contributed by atoms with Crippen molar-refractivity contribution in [3.05, 3.63) is 11.1 Å². The van der Waals surface area contributed by atoms with Gasteiger partial charge in [0.1, 0.15) is 0 Å². The number of Topliss-reactive ketones (excluding diaryl/α,β-unsaturated/α-hetero) is 2. The molecule has 6 heteroatoms. The Bertz CT molecular complexity index is 316. The fraction of sp³-hybridized carbons (Fsp3) is 0.500. The van der Waals surface area contributed by atoms with Crippen molar-refractivity contribution in [1.82, 2.24) is 0 Å². The van der Waals surface area contributed by atoms with Crippen molar-refractivity contribution >= 4 is 17.5 Å². The van der Waals surface area contributed by atoms with E-state index in [9.17, 15) is 14.4 Å². The smallest absolute Gasteiger partial charge is 0.334 e. The van der Waals surface area contributed by atoms with Crippen LogP contribution in [0.1, 0.15) is 13.8 Å². The molecule has 6 nitrogen and oxygen atoms in total. The van der Waals surface area contributed by atoms with Gasteiger partial charge >= 0.3 is 5.97 Å². The Morgan fingerprint density at radius 1 is 1.06 bits per heavy atom. The summed E-state index contributed by atoms with van der Waals surface area (Å²) < 4.78 is 4.69. The van der Waals surface area contributed by atoms with E-state index in [4.69, 9.17) is 16.2 Å². The van der Waals surface area contributed by atoms with E-state index >= 15 is 0 Å². The van der Waals surface area contributed by atoms with Crippen molar-refractivity contribution in [2.24, 2.45) is 11.5 Å². The fourth-order valence-corrected chi connectivity index (χ4v) is 1.12. The monoisotopic (exact) mass is 228 g/mol. The second kappa shape index (κ2) is 6.86. The normalized spacial score (nSPS) is 9.50. The summed E-state index contributed by atoms with van der Waals surface area (Å²) in [6, 6.07) is 0. The van der Waals surface area contributed by atoms with Crippen LogP contribution in [0.2, 0.25) is 0 Å². The number of carbonyl (C=O) groups is 3. The number of nitrogens with two attached hydrogens (primary N) is 2. The van der Waals surface area contributed by atoms with E-state index in [2.05, 4.69) is 0 Å². The second-order valence-electron chi connectivity index (χ2n) is 2.98. The van der Waals surface area contributed by atoms with Crippen LogP contribution in [0.25, 0.3) is 0 Å². The zero-order chi connectivity index (χ0) is 12.7. The lowest BCUT2D eigenvalue weighted by molar-refractivity contribution is -0.139. The minimum Gasteiger partial charge on any atom is -0.463 e. The van der Waals surface area contributed by atoms with Crippen molar-refractivity contribution in [3.63, 3.8) is 0 Å². The molecule has 0 aromatic rings. The van der Waals surface area contributed by atoms with Crippen LogP contribution in [0.5, 0.6) is 0 Å². The first-order valence-corrected chi connectivity index (χ1v) is 4.84. The van der Waals surface area contributed by atoms with E-state index in [1.54, 1.807) is 6.92 Å². The molecule has 0 saturated heterocycles. The van der Waals surface area contributed by atoms with Gasteiger partial charge in [-0.15, -0.1) is 0 Å². The average Bonchev–Trinajstić information content (AvgIpc) is 2.28. The van der Waals surface area contributed by atoms with E-state index in [0.29, 0.717) is 0 Å². The molecule has 4 N–H and O–H groups in total. The molecule has 0 rings (SSSR count). The predicted molar refractivity (Wildman–Crippen MR) is 57.5 cm³/mol. The summed E-state index contributed by atoms with van der Waals surface area (Å²) >= 11 is 0. The van der Waals surface area contributed by atoms with Crippen molar-refractivity contribution in [1.29, 1.82) is 0 Å². The third-order valence-electron chi connectivity index (χ3n) is 1.89. The Morgan fingerprint density at radius 3 is 1.81 bits per heavy atom. The molecular weight excluding hydrogens is 212 g/mol. The molecule has 0 heterocycles. The van der Waals surface area contributed by atoms with Gasteiger partial charge in [0.15, 0.2) is 11.6 Å². The van der Waals surface area contributed by atoms with Gasteiger partial charge < -0.3 is 16.2 Å². The lowest BCUT2D eigenvalue weighted by atomic mass is 10.0. The zero-order valence-corrected chi connectivity index (χ0v) is 9.41. The van der Waals surface area contributed by atoms with Gasteiger partial charge in [0.25, 0.3) is 0 Å². The Morgan fingerprint density at radius 2 is 1.50 bits per heavy atom. The first-order chi connectivity index (χ1) is 7.49. The zero-order valence-electron chi connectivity index (χ0n) is 9.41. The highest BCUT2D eigenvalue weighted by Crippen LogP contribution is 2.08. The highest BCUT2D eigenvalue weighted by molar-refractivity contribution is 6.24. The SMILES string of the molecule is CCOC(=O)C(C)=C(C(=O)CN)C(=O)CN. The van der Waals surface area contributed by atoms with Gasteiger partial charge in [0.05, 0.1) is 25.3 Å². The number of esters is 1. The van der Waals surface area contributed by atoms with Crippen molar-refractivity contribution in [2.45, 2.75) is 13.8 Å². The van der Waals surface area contributed by atoms with Crippen LogP contribution >= 0.6 is 0 Å². The Kier molecular flexibility index (Phi) is 6.21. The Balaban J connectivity index is 5.28. The molecule has 0 amide bonds. The molecule has 16 heavy (non-hydrogen) atoms.